The van der Waals surface area contributed by atoms with E-state index < -0.39 is 17.5 Å². The second-order valence-corrected chi connectivity index (χ2v) is 6.11. The number of nitrogens with one attached hydrogen (secondary N) is 2. The van der Waals surface area contributed by atoms with E-state index in [-0.39, 0.29) is 18.5 Å². The van der Waals surface area contributed by atoms with Gasteiger partial charge in [0.25, 0.3) is 5.91 Å². The topological polar surface area (TPSA) is 78.5 Å². The minimum absolute atomic E-state index is 0.0593. The maximum Gasteiger partial charge on any atom is 0.325 e. The van der Waals surface area contributed by atoms with Gasteiger partial charge in [-0.25, -0.2) is 4.79 Å². The Labute approximate surface area is 133 Å². The van der Waals surface area contributed by atoms with Gasteiger partial charge in [0.1, 0.15) is 12.1 Å². The highest BCUT2D eigenvalue weighted by Crippen LogP contribution is 2.29. The number of imide groups is 1. The Bertz CT molecular complexity index is 615. The van der Waals surface area contributed by atoms with E-state index in [1.165, 1.54) is 0 Å². The smallest absolute Gasteiger partial charge is 0.325 e. The SMILES string of the molecule is CC(C)NC(=O)CN1C(=O)N[C@](C)(c2ccc(Cl)cc2)C1=O. The minimum Gasteiger partial charge on any atom is -0.352 e. The predicted molar refractivity (Wildman–Crippen MR) is 82.3 cm³/mol. The van der Waals surface area contributed by atoms with E-state index in [1.807, 2.05) is 13.8 Å². The van der Waals surface area contributed by atoms with E-state index in [9.17, 15) is 14.4 Å². The second-order valence-electron chi connectivity index (χ2n) is 5.68. The van der Waals surface area contributed by atoms with E-state index in [4.69, 9.17) is 11.6 Å². The second kappa shape index (κ2) is 5.96. The molecule has 2 N–H and O–H groups in total. The minimum atomic E-state index is -1.19. The highest BCUT2D eigenvalue weighted by atomic mass is 35.5. The molecule has 0 radical (unpaired) electrons. The zero-order chi connectivity index (χ0) is 16.5. The van der Waals surface area contributed by atoms with E-state index in [1.54, 1.807) is 31.2 Å². The molecule has 0 bridgehead atoms. The van der Waals surface area contributed by atoms with Gasteiger partial charge in [0.15, 0.2) is 0 Å². The molecule has 1 atom stereocenters. The molecule has 1 heterocycles. The van der Waals surface area contributed by atoms with Crippen LogP contribution in [0, 0.1) is 0 Å². The third-order valence-corrected chi connectivity index (χ3v) is 3.70. The lowest BCUT2D eigenvalue weighted by Gasteiger charge is -2.22. The van der Waals surface area contributed by atoms with Crippen LogP contribution in [0.15, 0.2) is 24.3 Å². The summed E-state index contributed by atoms with van der Waals surface area (Å²) in [6.07, 6.45) is 0. The Morgan fingerprint density at radius 1 is 1.32 bits per heavy atom. The fourth-order valence-corrected chi connectivity index (χ4v) is 2.46. The van der Waals surface area contributed by atoms with Crippen LogP contribution in [0.1, 0.15) is 26.3 Å². The van der Waals surface area contributed by atoms with Crippen LogP contribution in [0.3, 0.4) is 0 Å². The first kappa shape index (κ1) is 16.3. The largest absolute Gasteiger partial charge is 0.352 e. The fourth-order valence-electron chi connectivity index (χ4n) is 2.33. The van der Waals surface area contributed by atoms with Gasteiger partial charge in [0.05, 0.1) is 0 Å². The van der Waals surface area contributed by atoms with Gasteiger partial charge in [-0.1, -0.05) is 23.7 Å². The summed E-state index contributed by atoms with van der Waals surface area (Å²) in [5, 5.41) is 5.83. The molecule has 1 aliphatic heterocycles. The van der Waals surface area contributed by atoms with Gasteiger partial charge in [-0.3, -0.25) is 14.5 Å². The van der Waals surface area contributed by atoms with Crippen molar-refractivity contribution in [3.05, 3.63) is 34.9 Å². The average Bonchev–Trinajstić information content (AvgIpc) is 2.63. The molecule has 1 aliphatic rings. The van der Waals surface area contributed by atoms with Gasteiger partial charge in [0, 0.05) is 11.1 Å². The number of carbonyl (C=O) groups is 3. The lowest BCUT2D eigenvalue weighted by atomic mass is 9.92. The first-order valence-electron chi connectivity index (χ1n) is 6.93. The summed E-state index contributed by atoms with van der Waals surface area (Å²) in [6, 6.07) is 6.01. The molecular weight excluding hydrogens is 306 g/mol. The molecule has 0 saturated carbocycles. The van der Waals surface area contributed by atoms with Crippen LogP contribution in [0.4, 0.5) is 4.79 Å². The van der Waals surface area contributed by atoms with Crippen molar-refractivity contribution in [1.82, 2.24) is 15.5 Å². The van der Waals surface area contributed by atoms with Gasteiger partial charge in [-0.05, 0) is 38.5 Å². The molecule has 7 heteroatoms. The molecule has 0 aromatic heterocycles. The van der Waals surface area contributed by atoms with Gasteiger partial charge < -0.3 is 10.6 Å². The summed E-state index contributed by atoms with van der Waals surface area (Å²) in [4.78, 5) is 37.3. The summed E-state index contributed by atoms with van der Waals surface area (Å²) in [6.45, 7) is 4.92. The van der Waals surface area contributed by atoms with Crippen LogP contribution >= 0.6 is 11.6 Å². The molecule has 0 aliphatic carbocycles. The van der Waals surface area contributed by atoms with Crippen LogP contribution in [0.2, 0.25) is 5.02 Å². The maximum atomic E-state index is 12.6. The number of halogens is 1. The van der Waals surface area contributed by atoms with Crippen molar-refractivity contribution in [1.29, 1.82) is 0 Å². The van der Waals surface area contributed by atoms with Gasteiger partial charge in [-0.2, -0.15) is 0 Å². The lowest BCUT2D eigenvalue weighted by molar-refractivity contribution is -0.135. The van der Waals surface area contributed by atoms with E-state index in [2.05, 4.69) is 10.6 Å². The van der Waals surface area contributed by atoms with Crippen molar-refractivity contribution < 1.29 is 14.4 Å². The monoisotopic (exact) mass is 323 g/mol. The summed E-state index contributed by atoms with van der Waals surface area (Å²) in [5.41, 5.74) is -0.582. The molecule has 2 rings (SSSR count). The molecule has 0 unspecified atom stereocenters. The molecular formula is C15H18ClN3O3. The highest BCUT2D eigenvalue weighted by molar-refractivity contribution is 6.30. The van der Waals surface area contributed by atoms with E-state index in [0.29, 0.717) is 10.6 Å². The lowest BCUT2D eigenvalue weighted by Crippen LogP contribution is -2.44. The number of nitrogens with zero attached hydrogens (tertiary/aromatic N) is 1. The Kier molecular flexibility index (Phi) is 4.42. The molecule has 6 nitrogen and oxygen atoms in total. The van der Waals surface area contributed by atoms with Crippen molar-refractivity contribution in [3.8, 4) is 0 Å². The summed E-state index contributed by atoms with van der Waals surface area (Å²) in [7, 11) is 0. The van der Waals surface area contributed by atoms with Gasteiger partial charge in [-0.15, -0.1) is 0 Å². The number of benzene rings is 1. The molecule has 1 aromatic carbocycles. The molecule has 1 aromatic rings. The van der Waals surface area contributed by atoms with Crippen molar-refractivity contribution in [2.24, 2.45) is 0 Å². The molecule has 22 heavy (non-hydrogen) atoms. The van der Waals surface area contributed by atoms with Gasteiger partial charge in [0.2, 0.25) is 5.91 Å². The number of urea groups is 1. The normalized spacial score (nSPS) is 21.2. The number of amides is 4. The highest BCUT2D eigenvalue weighted by Gasteiger charge is 2.49. The van der Waals surface area contributed by atoms with Crippen molar-refractivity contribution in [3.63, 3.8) is 0 Å². The van der Waals surface area contributed by atoms with Crippen molar-refractivity contribution in [2.45, 2.75) is 32.4 Å². The molecule has 1 saturated heterocycles. The Morgan fingerprint density at radius 2 is 1.91 bits per heavy atom. The third kappa shape index (κ3) is 3.06. The van der Waals surface area contributed by atoms with E-state index >= 15 is 0 Å². The number of rotatable bonds is 4. The zero-order valence-corrected chi connectivity index (χ0v) is 13.4. The third-order valence-electron chi connectivity index (χ3n) is 3.45. The molecule has 1 fully saturated rings. The Morgan fingerprint density at radius 3 is 2.45 bits per heavy atom. The van der Waals surface area contributed by atoms with Crippen LogP contribution in [0.5, 0.6) is 0 Å². The van der Waals surface area contributed by atoms with Gasteiger partial charge >= 0.3 is 6.03 Å². The summed E-state index contributed by atoms with van der Waals surface area (Å²) >= 11 is 5.84. The van der Waals surface area contributed by atoms with Crippen LogP contribution in [-0.4, -0.2) is 35.3 Å². The Balaban J connectivity index is 2.20. The van der Waals surface area contributed by atoms with E-state index in [0.717, 1.165) is 4.90 Å². The van der Waals surface area contributed by atoms with Crippen molar-refractivity contribution in [2.75, 3.05) is 6.54 Å². The van der Waals surface area contributed by atoms with Crippen LogP contribution < -0.4 is 10.6 Å². The summed E-state index contributed by atoms with van der Waals surface area (Å²) < 4.78 is 0. The molecule has 4 amide bonds. The van der Waals surface area contributed by atoms with Crippen molar-refractivity contribution >= 4 is 29.4 Å². The quantitative estimate of drug-likeness (QED) is 0.827. The standard InChI is InChI=1S/C15H18ClN3O3/c1-9(2)17-12(20)8-19-13(21)15(3,18-14(19)22)10-4-6-11(16)7-5-10/h4-7,9H,8H2,1-3H3,(H,17,20)(H,18,22)/t15-/m1/s1. The summed E-state index contributed by atoms with van der Waals surface area (Å²) in [5.74, 6) is -0.836. The fraction of sp³-hybridized carbons (Fsp3) is 0.400. The molecule has 118 valence electrons. The number of hydrogen-bond acceptors (Lipinski definition) is 3. The van der Waals surface area contributed by atoms with Crippen LogP contribution in [-0.2, 0) is 15.1 Å². The predicted octanol–water partition coefficient (Wildman–Crippen LogP) is 1.63. The maximum absolute atomic E-state index is 12.6. The molecule has 0 spiro atoms. The number of hydrogen-bond donors (Lipinski definition) is 2. The number of carbonyl (C=O) groups excluding carboxylic acids is 3. The Hall–Kier alpha value is -2.08. The first-order chi connectivity index (χ1) is 10.2. The average molecular weight is 324 g/mol. The van der Waals surface area contributed by atoms with Crippen LogP contribution in [0.25, 0.3) is 0 Å². The first-order valence-corrected chi connectivity index (χ1v) is 7.31. The zero-order valence-electron chi connectivity index (χ0n) is 12.6.